The first-order valence-electron chi connectivity index (χ1n) is 6.34. The second-order valence-electron chi connectivity index (χ2n) is 4.71. The zero-order valence-electron chi connectivity index (χ0n) is 11.2. The molecule has 0 saturated heterocycles. The molecule has 2 N–H and O–H groups in total. The number of hydrogen-bond acceptors (Lipinski definition) is 3. The summed E-state index contributed by atoms with van der Waals surface area (Å²) in [5, 5.41) is 3.94. The van der Waals surface area contributed by atoms with Crippen LogP contribution in [0.1, 0.15) is 5.56 Å². The van der Waals surface area contributed by atoms with Crippen LogP contribution in [0.4, 0.5) is 10.3 Å². The average Bonchev–Trinajstić information content (AvgIpc) is 2.81. The van der Waals surface area contributed by atoms with Gasteiger partial charge in [-0.15, -0.1) is 0 Å². The van der Waals surface area contributed by atoms with Crippen molar-refractivity contribution in [1.29, 1.82) is 0 Å². The van der Waals surface area contributed by atoms with Crippen LogP contribution in [0, 0.1) is 12.7 Å². The van der Waals surface area contributed by atoms with Crippen LogP contribution in [0.25, 0.3) is 22.4 Å². The molecule has 0 amide bonds. The molecule has 5 heteroatoms. The van der Waals surface area contributed by atoms with E-state index in [0.29, 0.717) is 21.3 Å². The van der Waals surface area contributed by atoms with E-state index in [1.807, 2.05) is 31.2 Å². The number of halogens is 2. The Kier molecular flexibility index (Phi) is 3.51. The molecule has 0 aliphatic rings. The summed E-state index contributed by atoms with van der Waals surface area (Å²) in [6.07, 6.45) is 0. The second kappa shape index (κ2) is 5.33. The minimum atomic E-state index is -0.382. The van der Waals surface area contributed by atoms with Gasteiger partial charge >= 0.3 is 0 Å². The van der Waals surface area contributed by atoms with E-state index in [2.05, 4.69) is 21.1 Å². The minimum absolute atomic E-state index is 0.182. The van der Waals surface area contributed by atoms with Gasteiger partial charge in [-0.3, -0.25) is 0 Å². The van der Waals surface area contributed by atoms with E-state index in [9.17, 15) is 4.39 Å². The van der Waals surface area contributed by atoms with Gasteiger partial charge in [-0.2, -0.15) is 0 Å². The maximum absolute atomic E-state index is 14.2. The summed E-state index contributed by atoms with van der Waals surface area (Å²) in [5.74, 6) is -0.200. The standard InChI is InChI=1S/C16H12BrFN2O/c1-9-4-2-3-5-11(9)14-15(20-21-16(14)19)12-7-6-10(17)8-13(12)18/h2-8H,19H2,1H3. The first kappa shape index (κ1) is 13.8. The van der Waals surface area contributed by atoms with E-state index in [0.717, 1.165) is 11.1 Å². The molecule has 2 aromatic carbocycles. The third-order valence-electron chi connectivity index (χ3n) is 3.32. The Balaban J connectivity index is 2.25. The number of nitrogens with zero attached hydrogens (tertiary/aromatic N) is 1. The fourth-order valence-corrected chi connectivity index (χ4v) is 2.62. The summed E-state index contributed by atoms with van der Waals surface area (Å²) in [6.45, 7) is 1.96. The molecule has 0 unspecified atom stereocenters. The largest absolute Gasteiger partial charge is 0.367 e. The predicted octanol–water partition coefficient (Wildman–Crippen LogP) is 4.80. The molecule has 0 radical (unpaired) electrons. The molecule has 1 heterocycles. The fourth-order valence-electron chi connectivity index (χ4n) is 2.28. The molecule has 0 bridgehead atoms. The molecule has 0 aliphatic carbocycles. The van der Waals surface area contributed by atoms with Crippen LogP contribution in [0.3, 0.4) is 0 Å². The lowest BCUT2D eigenvalue weighted by Gasteiger charge is -2.07. The van der Waals surface area contributed by atoms with Gasteiger partial charge in [0.05, 0.1) is 5.56 Å². The van der Waals surface area contributed by atoms with Crippen molar-refractivity contribution in [2.45, 2.75) is 6.92 Å². The number of anilines is 1. The van der Waals surface area contributed by atoms with Crippen molar-refractivity contribution in [2.24, 2.45) is 0 Å². The Morgan fingerprint density at radius 1 is 1.14 bits per heavy atom. The molecule has 0 aliphatic heterocycles. The summed E-state index contributed by atoms with van der Waals surface area (Å²) in [7, 11) is 0. The zero-order chi connectivity index (χ0) is 15.0. The summed E-state index contributed by atoms with van der Waals surface area (Å²) in [5.41, 5.74) is 9.19. The Morgan fingerprint density at radius 2 is 1.90 bits per heavy atom. The molecular formula is C16H12BrFN2O. The monoisotopic (exact) mass is 346 g/mol. The van der Waals surface area contributed by atoms with Crippen LogP contribution in [-0.4, -0.2) is 5.16 Å². The molecule has 3 nitrogen and oxygen atoms in total. The quantitative estimate of drug-likeness (QED) is 0.724. The normalized spacial score (nSPS) is 10.8. The van der Waals surface area contributed by atoms with Gasteiger partial charge in [0.1, 0.15) is 11.5 Å². The van der Waals surface area contributed by atoms with Crippen molar-refractivity contribution >= 4 is 21.8 Å². The van der Waals surface area contributed by atoms with Gasteiger partial charge in [-0.1, -0.05) is 45.4 Å². The van der Waals surface area contributed by atoms with Gasteiger partial charge < -0.3 is 10.3 Å². The van der Waals surface area contributed by atoms with Crippen LogP contribution in [-0.2, 0) is 0 Å². The van der Waals surface area contributed by atoms with Crippen molar-refractivity contribution < 1.29 is 8.91 Å². The highest BCUT2D eigenvalue weighted by molar-refractivity contribution is 9.10. The lowest BCUT2D eigenvalue weighted by atomic mass is 9.97. The Hall–Kier alpha value is -2.14. The van der Waals surface area contributed by atoms with Gasteiger partial charge in [-0.05, 0) is 36.2 Å². The smallest absolute Gasteiger partial charge is 0.230 e. The second-order valence-corrected chi connectivity index (χ2v) is 5.63. The molecule has 21 heavy (non-hydrogen) atoms. The highest BCUT2D eigenvalue weighted by Crippen LogP contribution is 2.38. The Labute approximate surface area is 129 Å². The molecule has 106 valence electrons. The lowest BCUT2D eigenvalue weighted by Crippen LogP contribution is -1.92. The van der Waals surface area contributed by atoms with Gasteiger partial charge in [-0.25, -0.2) is 4.39 Å². The van der Waals surface area contributed by atoms with Crippen molar-refractivity contribution in [3.63, 3.8) is 0 Å². The van der Waals surface area contributed by atoms with E-state index in [1.165, 1.54) is 6.07 Å². The van der Waals surface area contributed by atoms with Gasteiger partial charge in [0.2, 0.25) is 5.88 Å². The highest BCUT2D eigenvalue weighted by atomic mass is 79.9. The van der Waals surface area contributed by atoms with Crippen molar-refractivity contribution in [3.8, 4) is 22.4 Å². The number of benzene rings is 2. The Bertz CT molecular complexity index is 814. The van der Waals surface area contributed by atoms with E-state index in [4.69, 9.17) is 10.3 Å². The third kappa shape index (κ3) is 2.45. The van der Waals surface area contributed by atoms with Gasteiger partial charge in [0.15, 0.2) is 0 Å². The van der Waals surface area contributed by atoms with Crippen LogP contribution in [0.5, 0.6) is 0 Å². The summed E-state index contributed by atoms with van der Waals surface area (Å²) >= 11 is 3.24. The number of nitrogen functional groups attached to an aromatic ring is 1. The molecule has 0 atom stereocenters. The molecule has 0 spiro atoms. The van der Waals surface area contributed by atoms with Crippen LogP contribution < -0.4 is 5.73 Å². The van der Waals surface area contributed by atoms with Crippen LogP contribution in [0.15, 0.2) is 51.5 Å². The maximum atomic E-state index is 14.2. The number of aromatic nitrogens is 1. The molecule has 1 aromatic heterocycles. The first-order chi connectivity index (χ1) is 10.1. The topological polar surface area (TPSA) is 52.0 Å². The number of aryl methyl sites for hydroxylation is 1. The van der Waals surface area contributed by atoms with Crippen molar-refractivity contribution in [1.82, 2.24) is 5.16 Å². The Morgan fingerprint density at radius 3 is 2.62 bits per heavy atom. The first-order valence-corrected chi connectivity index (χ1v) is 7.14. The van der Waals surface area contributed by atoms with Gasteiger partial charge in [0, 0.05) is 10.0 Å². The molecule has 0 saturated carbocycles. The number of hydrogen-bond donors (Lipinski definition) is 1. The SMILES string of the molecule is Cc1ccccc1-c1c(-c2ccc(Br)cc2F)noc1N. The highest BCUT2D eigenvalue weighted by Gasteiger charge is 2.21. The van der Waals surface area contributed by atoms with E-state index in [1.54, 1.807) is 12.1 Å². The van der Waals surface area contributed by atoms with Gasteiger partial charge in [0.25, 0.3) is 0 Å². The van der Waals surface area contributed by atoms with E-state index in [-0.39, 0.29) is 11.7 Å². The lowest BCUT2D eigenvalue weighted by molar-refractivity contribution is 0.439. The molecule has 3 aromatic rings. The summed E-state index contributed by atoms with van der Waals surface area (Å²) < 4.78 is 19.9. The van der Waals surface area contributed by atoms with Crippen LogP contribution in [0.2, 0.25) is 0 Å². The zero-order valence-corrected chi connectivity index (χ0v) is 12.8. The number of nitrogens with two attached hydrogens (primary N) is 1. The average molecular weight is 347 g/mol. The third-order valence-corrected chi connectivity index (χ3v) is 3.81. The maximum Gasteiger partial charge on any atom is 0.230 e. The van der Waals surface area contributed by atoms with Crippen LogP contribution >= 0.6 is 15.9 Å². The van der Waals surface area contributed by atoms with E-state index < -0.39 is 0 Å². The molecule has 0 fully saturated rings. The summed E-state index contributed by atoms with van der Waals surface area (Å²) in [6, 6.07) is 12.5. The number of rotatable bonds is 2. The minimum Gasteiger partial charge on any atom is -0.367 e. The fraction of sp³-hybridized carbons (Fsp3) is 0.0625. The van der Waals surface area contributed by atoms with Crippen molar-refractivity contribution in [2.75, 3.05) is 5.73 Å². The predicted molar refractivity (Wildman–Crippen MR) is 84.2 cm³/mol. The van der Waals surface area contributed by atoms with E-state index >= 15 is 0 Å². The van der Waals surface area contributed by atoms with Crippen molar-refractivity contribution in [3.05, 3.63) is 58.3 Å². The molecular weight excluding hydrogens is 335 g/mol. The molecule has 3 rings (SSSR count). The summed E-state index contributed by atoms with van der Waals surface area (Å²) in [4.78, 5) is 0.